The van der Waals surface area contributed by atoms with Gasteiger partial charge in [0.2, 0.25) is 0 Å². The van der Waals surface area contributed by atoms with Crippen molar-refractivity contribution < 1.29 is 9.90 Å². The highest BCUT2D eigenvalue weighted by atomic mass is 16.4. The number of aromatic carboxylic acids is 1. The number of fused-ring (bicyclic) bond motifs is 1. The summed E-state index contributed by atoms with van der Waals surface area (Å²) >= 11 is 0. The van der Waals surface area contributed by atoms with E-state index in [1.807, 2.05) is 30.3 Å². The van der Waals surface area contributed by atoms with Crippen molar-refractivity contribution in [3.8, 4) is 5.69 Å². The van der Waals surface area contributed by atoms with Crippen molar-refractivity contribution in [3.05, 3.63) is 54.1 Å². The molecule has 5 heteroatoms. The minimum absolute atomic E-state index is 0.199. The van der Waals surface area contributed by atoms with Gasteiger partial charge < -0.3 is 10.8 Å². The Kier molecular flexibility index (Phi) is 2.45. The van der Waals surface area contributed by atoms with Crippen LogP contribution in [0.25, 0.3) is 16.6 Å². The number of carbonyl (C=O) groups is 1. The molecule has 1 aromatic heterocycles. The summed E-state index contributed by atoms with van der Waals surface area (Å²) in [5, 5.41) is 14.1. The molecular formula is C14H11N3O2. The van der Waals surface area contributed by atoms with E-state index in [0.717, 1.165) is 11.1 Å². The summed E-state index contributed by atoms with van der Waals surface area (Å²) in [4.78, 5) is 10.9. The lowest BCUT2D eigenvalue weighted by Gasteiger charge is -2.02. The van der Waals surface area contributed by atoms with Gasteiger partial charge in [0.1, 0.15) is 5.82 Å². The molecule has 0 fully saturated rings. The molecule has 2 aromatic carbocycles. The third-order valence-electron chi connectivity index (χ3n) is 2.96. The molecular weight excluding hydrogens is 242 g/mol. The summed E-state index contributed by atoms with van der Waals surface area (Å²) in [6, 6.07) is 14.2. The number of hydrogen-bond acceptors (Lipinski definition) is 3. The maximum Gasteiger partial charge on any atom is 0.335 e. The van der Waals surface area contributed by atoms with Crippen LogP contribution < -0.4 is 5.73 Å². The van der Waals surface area contributed by atoms with E-state index in [1.165, 1.54) is 12.1 Å². The molecule has 0 saturated carbocycles. The summed E-state index contributed by atoms with van der Waals surface area (Å²) in [6.45, 7) is 0. The lowest BCUT2D eigenvalue weighted by molar-refractivity contribution is 0.0697. The highest BCUT2D eigenvalue weighted by Crippen LogP contribution is 2.24. The van der Waals surface area contributed by atoms with E-state index >= 15 is 0 Å². The van der Waals surface area contributed by atoms with Crippen molar-refractivity contribution in [3.63, 3.8) is 0 Å². The Morgan fingerprint density at radius 3 is 2.58 bits per heavy atom. The number of anilines is 1. The van der Waals surface area contributed by atoms with Crippen molar-refractivity contribution in [2.24, 2.45) is 0 Å². The molecule has 0 aliphatic carbocycles. The maximum absolute atomic E-state index is 10.9. The third kappa shape index (κ3) is 1.81. The van der Waals surface area contributed by atoms with E-state index in [0.29, 0.717) is 11.3 Å². The molecule has 0 atom stereocenters. The van der Waals surface area contributed by atoms with Crippen molar-refractivity contribution in [2.75, 3.05) is 5.73 Å². The fraction of sp³-hybridized carbons (Fsp3) is 0. The van der Waals surface area contributed by atoms with E-state index in [-0.39, 0.29) is 5.56 Å². The zero-order chi connectivity index (χ0) is 13.4. The SMILES string of the molecule is Nc1c2ccc(C(=O)O)cc2nn1-c1ccccc1. The Morgan fingerprint density at radius 1 is 1.16 bits per heavy atom. The quantitative estimate of drug-likeness (QED) is 0.734. The summed E-state index contributed by atoms with van der Waals surface area (Å²) in [5.74, 6) is -0.479. The Balaban J connectivity index is 2.23. The molecule has 0 aliphatic rings. The van der Waals surface area contributed by atoms with E-state index in [9.17, 15) is 4.79 Å². The van der Waals surface area contributed by atoms with Gasteiger partial charge in [0.15, 0.2) is 0 Å². The average molecular weight is 253 g/mol. The predicted molar refractivity (Wildman–Crippen MR) is 72.4 cm³/mol. The first-order chi connectivity index (χ1) is 9.16. The normalized spacial score (nSPS) is 10.7. The Hall–Kier alpha value is -2.82. The van der Waals surface area contributed by atoms with Crippen LogP contribution in [0.15, 0.2) is 48.5 Å². The van der Waals surface area contributed by atoms with Gasteiger partial charge in [-0.3, -0.25) is 0 Å². The number of benzene rings is 2. The Bertz CT molecular complexity index is 763. The second-order valence-electron chi connectivity index (χ2n) is 4.17. The van der Waals surface area contributed by atoms with E-state index in [2.05, 4.69) is 5.10 Å². The fourth-order valence-corrected chi connectivity index (χ4v) is 2.01. The molecule has 0 aliphatic heterocycles. The molecule has 0 amide bonds. The molecule has 3 N–H and O–H groups in total. The van der Waals surface area contributed by atoms with Crippen molar-refractivity contribution in [1.29, 1.82) is 0 Å². The van der Waals surface area contributed by atoms with Gasteiger partial charge in [0.05, 0.1) is 16.8 Å². The second-order valence-corrected chi connectivity index (χ2v) is 4.17. The topological polar surface area (TPSA) is 81.1 Å². The minimum atomic E-state index is -0.977. The molecule has 94 valence electrons. The summed E-state index contributed by atoms with van der Waals surface area (Å²) in [6.07, 6.45) is 0. The zero-order valence-electron chi connectivity index (χ0n) is 9.95. The van der Waals surface area contributed by atoms with Gasteiger partial charge >= 0.3 is 5.97 Å². The van der Waals surface area contributed by atoms with Crippen LogP contribution in [0, 0.1) is 0 Å². The number of carboxylic acids is 1. The lowest BCUT2D eigenvalue weighted by atomic mass is 10.1. The van der Waals surface area contributed by atoms with Gasteiger partial charge in [-0.1, -0.05) is 18.2 Å². The first-order valence-electron chi connectivity index (χ1n) is 5.74. The zero-order valence-corrected chi connectivity index (χ0v) is 9.95. The number of rotatable bonds is 2. The molecule has 0 radical (unpaired) electrons. The summed E-state index contributed by atoms with van der Waals surface area (Å²) in [5.41, 5.74) is 7.66. The van der Waals surface area contributed by atoms with Gasteiger partial charge in [-0.15, -0.1) is 0 Å². The van der Waals surface area contributed by atoms with Crippen LogP contribution in [0.2, 0.25) is 0 Å². The molecule has 0 spiro atoms. The molecule has 3 rings (SSSR count). The van der Waals surface area contributed by atoms with E-state index in [1.54, 1.807) is 10.7 Å². The number of carboxylic acid groups (broad SMARTS) is 1. The number of nitrogens with zero attached hydrogens (tertiary/aromatic N) is 2. The van der Waals surface area contributed by atoms with Crippen LogP contribution in [-0.4, -0.2) is 20.9 Å². The van der Waals surface area contributed by atoms with E-state index < -0.39 is 5.97 Å². The largest absolute Gasteiger partial charge is 0.478 e. The molecule has 0 saturated heterocycles. The van der Waals surface area contributed by atoms with Crippen molar-refractivity contribution in [1.82, 2.24) is 9.78 Å². The van der Waals surface area contributed by atoms with Crippen LogP contribution in [0.1, 0.15) is 10.4 Å². The predicted octanol–water partition coefficient (Wildman–Crippen LogP) is 2.31. The van der Waals surface area contributed by atoms with Crippen LogP contribution in [0.4, 0.5) is 5.82 Å². The fourth-order valence-electron chi connectivity index (χ4n) is 2.01. The average Bonchev–Trinajstić information content (AvgIpc) is 2.76. The first kappa shape index (κ1) is 11.3. The summed E-state index contributed by atoms with van der Waals surface area (Å²) in [7, 11) is 0. The van der Waals surface area contributed by atoms with Gasteiger partial charge in [-0.25, -0.2) is 9.48 Å². The molecule has 19 heavy (non-hydrogen) atoms. The van der Waals surface area contributed by atoms with Crippen LogP contribution in [-0.2, 0) is 0 Å². The van der Waals surface area contributed by atoms with Crippen LogP contribution in [0.5, 0.6) is 0 Å². The standard InChI is InChI=1S/C14H11N3O2/c15-13-11-7-6-9(14(18)19)8-12(11)16-17(13)10-4-2-1-3-5-10/h1-8H,15H2,(H,18,19). The van der Waals surface area contributed by atoms with Crippen LogP contribution in [0.3, 0.4) is 0 Å². The third-order valence-corrected chi connectivity index (χ3v) is 2.96. The van der Waals surface area contributed by atoms with Crippen molar-refractivity contribution in [2.45, 2.75) is 0 Å². The molecule has 0 unspecified atom stereocenters. The highest BCUT2D eigenvalue weighted by Gasteiger charge is 2.12. The van der Waals surface area contributed by atoms with E-state index in [4.69, 9.17) is 10.8 Å². The highest BCUT2D eigenvalue weighted by molar-refractivity contribution is 5.96. The summed E-state index contributed by atoms with van der Waals surface area (Å²) < 4.78 is 1.61. The molecule has 1 heterocycles. The number of aromatic nitrogens is 2. The van der Waals surface area contributed by atoms with Crippen molar-refractivity contribution >= 4 is 22.7 Å². The monoisotopic (exact) mass is 253 g/mol. The molecule has 0 bridgehead atoms. The maximum atomic E-state index is 10.9. The Morgan fingerprint density at radius 2 is 1.89 bits per heavy atom. The van der Waals surface area contributed by atoms with Gasteiger partial charge in [-0.2, -0.15) is 5.10 Å². The number of nitrogens with two attached hydrogens (primary N) is 1. The molecule has 3 aromatic rings. The minimum Gasteiger partial charge on any atom is -0.478 e. The lowest BCUT2D eigenvalue weighted by Crippen LogP contribution is -2.00. The van der Waals surface area contributed by atoms with Gasteiger partial charge in [0.25, 0.3) is 0 Å². The smallest absolute Gasteiger partial charge is 0.335 e. The molecule has 5 nitrogen and oxygen atoms in total. The van der Waals surface area contributed by atoms with Gasteiger partial charge in [0, 0.05) is 5.39 Å². The first-order valence-corrected chi connectivity index (χ1v) is 5.74. The van der Waals surface area contributed by atoms with Gasteiger partial charge in [-0.05, 0) is 30.3 Å². The number of hydrogen-bond donors (Lipinski definition) is 2. The number of nitrogen functional groups attached to an aromatic ring is 1. The van der Waals surface area contributed by atoms with Crippen LogP contribution >= 0.6 is 0 Å². The second kappa shape index (κ2) is 4.13. The number of para-hydroxylation sites is 1. The Labute approximate surface area is 108 Å².